The normalized spacial score (nSPS) is 25.6. The van der Waals surface area contributed by atoms with Gasteiger partial charge in [0.25, 0.3) is 0 Å². The summed E-state index contributed by atoms with van der Waals surface area (Å²) in [6.07, 6.45) is 5.80. The highest BCUT2D eigenvalue weighted by Crippen LogP contribution is 2.30. The highest BCUT2D eigenvalue weighted by Gasteiger charge is 2.32. The second kappa shape index (κ2) is 6.61. The highest BCUT2D eigenvalue weighted by atomic mass is 32.2. The van der Waals surface area contributed by atoms with Gasteiger partial charge in [-0.15, -0.1) is 0 Å². The van der Waals surface area contributed by atoms with Gasteiger partial charge in [0.15, 0.2) is 0 Å². The number of nitrogens with zero attached hydrogens (tertiary/aromatic N) is 1. The van der Waals surface area contributed by atoms with Crippen LogP contribution in [0.25, 0.3) is 0 Å². The molecule has 0 unspecified atom stereocenters. The summed E-state index contributed by atoms with van der Waals surface area (Å²) in [6, 6.07) is 8.31. The molecule has 1 fully saturated rings. The zero-order chi connectivity index (χ0) is 16.4. The van der Waals surface area contributed by atoms with Crippen molar-refractivity contribution in [1.29, 1.82) is 0 Å². The van der Waals surface area contributed by atoms with E-state index in [1.54, 1.807) is 0 Å². The van der Waals surface area contributed by atoms with Gasteiger partial charge in [0.2, 0.25) is 15.9 Å². The second-order valence-electron chi connectivity index (χ2n) is 6.61. The maximum absolute atomic E-state index is 12.6. The van der Waals surface area contributed by atoms with Gasteiger partial charge in [0.1, 0.15) is 0 Å². The Hall–Kier alpha value is -1.40. The summed E-state index contributed by atoms with van der Waals surface area (Å²) in [4.78, 5) is 12.6. The molecule has 23 heavy (non-hydrogen) atoms. The van der Waals surface area contributed by atoms with E-state index in [2.05, 4.69) is 17.4 Å². The number of aryl methyl sites for hydroxylation is 1. The van der Waals surface area contributed by atoms with E-state index in [-0.39, 0.29) is 17.9 Å². The number of carbonyl (C=O) groups is 1. The quantitative estimate of drug-likeness (QED) is 0.916. The number of nitrogens with one attached hydrogen (secondary N) is 1. The highest BCUT2D eigenvalue weighted by molar-refractivity contribution is 7.88. The van der Waals surface area contributed by atoms with E-state index in [4.69, 9.17) is 0 Å². The van der Waals surface area contributed by atoms with Gasteiger partial charge in [-0.1, -0.05) is 24.3 Å². The Kier molecular flexibility index (Phi) is 4.73. The third-order valence-electron chi connectivity index (χ3n) is 4.91. The smallest absolute Gasteiger partial charge is 0.224 e. The molecule has 0 aromatic heterocycles. The Labute approximate surface area is 138 Å². The first-order chi connectivity index (χ1) is 10.9. The molecule has 1 aromatic carbocycles. The number of sulfonamides is 1. The molecule has 5 nitrogen and oxygen atoms in total. The van der Waals surface area contributed by atoms with Crippen molar-refractivity contribution in [3.8, 4) is 0 Å². The van der Waals surface area contributed by atoms with Crippen molar-refractivity contribution in [3.05, 3.63) is 35.4 Å². The number of benzene rings is 1. The first kappa shape index (κ1) is 16.5. The van der Waals surface area contributed by atoms with Crippen molar-refractivity contribution >= 4 is 15.9 Å². The van der Waals surface area contributed by atoms with Crippen molar-refractivity contribution in [2.45, 2.75) is 38.1 Å². The fourth-order valence-electron chi connectivity index (χ4n) is 3.65. The molecular weight excluding hydrogens is 312 g/mol. The van der Waals surface area contributed by atoms with Gasteiger partial charge < -0.3 is 5.32 Å². The summed E-state index contributed by atoms with van der Waals surface area (Å²) < 4.78 is 24.8. The summed E-state index contributed by atoms with van der Waals surface area (Å²) >= 11 is 0. The molecular formula is C17H24N2O3S. The Bertz CT molecular complexity index is 687. The van der Waals surface area contributed by atoms with Crippen LogP contribution in [0.4, 0.5) is 0 Å². The molecule has 1 saturated heterocycles. The zero-order valence-electron chi connectivity index (χ0n) is 13.5. The average Bonchev–Trinajstić information content (AvgIpc) is 2.54. The SMILES string of the molecule is CS(=O)(=O)N1CCC[C@H](C(=O)N[C@@H]2CCCc3ccccc32)C1. The fraction of sp³-hybridized carbons (Fsp3) is 0.588. The molecule has 0 saturated carbocycles. The van der Waals surface area contributed by atoms with Gasteiger partial charge in [0, 0.05) is 13.1 Å². The van der Waals surface area contributed by atoms with Crippen LogP contribution in [-0.2, 0) is 21.2 Å². The Morgan fingerprint density at radius 2 is 2.00 bits per heavy atom. The number of piperidine rings is 1. The van der Waals surface area contributed by atoms with Crippen molar-refractivity contribution in [1.82, 2.24) is 9.62 Å². The zero-order valence-corrected chi connectivity index (χ0v) is 14.3. The largest absolute Gasteiger partial charge is 0.349 e. The van der Waals surface area contributed by atoms with E-state index in [9.17, 15) is 13.2 Å². The van der Waals surface area contributed by atoms with Crippen LogP contribution in [0.15, 0.2) is 24.3 Å². The molecule has 0 bridgehead atoms. The summed E-state index contributed by atoms with van der Waals surface area (Å²) in [5.41, 5.74) is 2.52. The second-order valence-corrected chi connectivity index (χ2v) is 8.59. The van der Waals surface area contributed by atoms with Crippen LogP contribution in [0.1, 0.15) is 42.9 Å². The molecule has 1 aliphatic carbocycles. The van der Waals surface area contributed by atoms with Gasteiger partial charge in [-0.25, -0.2) is 12.7 Å². The summed E-state index contributed by atoms with van der Waals surface area (Å²) in [7, 11) is -3.22. The van der Waals surface area contributed by atoms with E-state index in [1.165, 1.54) is 21.7 Å². The number of hydrogen-bond donors (Lipinski definition) is 1. The van der Waals surface area contributed by atoms with Crippen LogP contribution >= 0.6 is 0 Å². The summed E-state index contributed by atoms with van der Waals surface area (Å²) in [5.74, 6) is -0.257. The van der Waals surface area contributed by atoms with Crippen molar-refractivity contribution in [2.24, 2.45) is 5.92 Å². The minimum atomic E-state index is -3.22. The molecule has 1 N–H and O–H groups in total. The molecule has 1 amide bonds. The Morgan fingerprint density at radius 1 is 1.22 bits per heavy atom. The monoisotopic (exact) mass is 336 g/mol. The molecule has 1 aliphatic heterocycles. The minimum absolute atomic E-state index is 0.0138. The fourth-order valence-corrected chi connectivity index (χ4v) is 4.56. The van der Waals surface area contributed by atoms with Crippen LogP contribution in [0.5, 0.6) is 0 Å². The molecule has 2 atom stereocenters. The van der Waals surface area contributed by atoms with Crippen molar-refractivity contribution in [2.75, 3.05) is 19.3 Å². The molecule has 0 radical (unpaired) electrons. The van der Waals surface area contributed by atoms with Crippen LogP contribution in [0.2, 0.25) is 0 Å². The van der Waals surface area contributed by atoms with Crippen molar-refractivity contribution < 1.29 is 13.2 Å². The topological polar surface area (TPSA) is 66.5 Å². The number of carbonyl (C=O) groups excluding carboxylic acids is 1. The molecule has 1 aromatic rings. The molecule has 126 valence electrons. The van der Waals surface area contributed by atoms with Gasteiger partial charge >= 0.3 is 0 Å². The van der Waals surface area contributed by atoms with E-state index in [0.29, 0.717) is 13.1 Å². The third-order valence-corrected chi connectivity index (χ3v) is 6.18. The standard InChI is InChI=1S/C17H24N2O3S/c1-23(21,22)19-11-5-8-14(12-19)17(20)18-16-10-4-7-13-6-2-3-9-15(13)16/h2-3,6,9,14,16H,4-5,7-8,10-12H2,1H3,(H,18,20)/t14-,16+/m0/s1. The van der Waals surface area contributed by atoms with E-state index in [0.717, 1.165) is 32.1 Å². The Morgan fingerprint density at radius 3 is 2.78 bits per heavy atom. The van der Waals surface area contributed by atoms with E-state index >= 15 is 0 Å². The first-order valence-electron chi connectivity index (χ1n) is 8.28. The Balaban J connectivity index is 1.68. The van der Waals surface area contributed by atoms with Crippen molar-refractivity contribution in [3.63, 3.8) is 0 Å². The molecule has 1 heterocycles. The third kappa shape index (κ3) is 3.75. The molecule has 0 spiro atoms. The van der Waals surface area contributed by atoms with Gasteiger partial charge in [-0.3, -0.25) is 4.79 Å². The van der Waals surface area contributed by atoms with Crippen LogP contribution in [0.3, 0.4) is 0 Å². The van der Waals surface area contributed by atoms with Gasteiger partial charge in [0.05, 0.1) is 18.2 Å². The lowest BCUT2D eigenvalue weighted by Crippen LogP contribution is -2.46. The van der Waals surface area contributed by atoms with E-state index < -0.39 is 10.0 Å². The lowest BCUT2D eigenvalue weighted by atomic mass is 9.87. The van der Waals surface area contributed by atoms with E-state index in [1.807, 2.05) is 12.1 Å². The number of fused-ring (bicyclic) bond motifs is 1. The van der Waals surface area contributed by atoms with Crippen LogP contribution < -0.4 is 5.32 Å². The predicted octanol–water partition coefficient (Wildman–Crippen LogP) is 1.85. The number of amides is 1. The van der Waals surface area contributed by atoms with Gasteiger partial charge in [-0.05, 0) is 43.2 Å². The number of rotatable bonds is 3. The maximum atomic E-state index is 12.6. The maximum Gasteiger partial charge on any atom is 0.224 e. The van der Waals surface area contributed by atoms with Crippen LogP contribution in [-0.4, -0.2) is 38.0 Å². The minimum Gasteiger partial charge on any atom is -0.349 e. The predicted molar refractivity (Wildman–Crippen MR) is 89.4 cm³/mol. The number of hydrogen-bond acceptors (Lipinski definition) is 3. The molecule has 2 aliphatic rings. The lowest BCUT2D eigenvalue weighted by molar-refractivity contribution is -0.127. The average molecular weight is 336 g/mol. The summed E-state index contributed by atoms with van der Waals surface area (Å²) in [5, 5.41) is 3.16. The lowest BCUT2D eigenvalue weighted by Gasteiger charge is -2.32. The van der Waals surface area contributed by atoms with Crippen LogP contribution in [0, 0.1) is 5.92 Å². The summed E-state index contributed by atoms with van der Waals surface area (Å²) in [6.45, 7) is 0.827. The molecule has 6 heteroatoms. The molecule has 3 rings (SSSR count). The van der Waals surface area contributed by atoms with Gasteiger partial charge in [-0.2, -0.15) is 0 Å². The first-order valence-corrected chi connectivity index (χ1v) is 10.1.